The second kappa shape index (κ2) is 6.52. The highest BCUT2D eigenvalue weighted by Crippen LogP contribution is 2.34. The van der Waals surface area contributed by atoms with Crippen LogP contribution >= 0.6 is 23.2 Å². The van der Waals surface area contributed by atoms with Crippen LogP contribution in [-0.2, 0) is 0 Å². The molecule has 0 bridgehead atoms. The van der Waals surface area contributed by atoms with Gasteiger partial charge in [0, 0.05) is 27.0 Å². The first-order valence-corrected chi connectivity index (χ1v) is 7.68. The molecule has 3 rings (SSSR count). The number of nitrogens with one attached hydrogen (secondary N) is 2. The summed E-state index contributed by atoms with van der Waals surface area (Å²) < 4.78 is 0. The van der Waals surface area contributed by atoms with E-state index >= 15 is 0 Å². The lowest BCUT2D eigenvalue weighted by Gasteiger charge is -2.19. The van der Waals surface area contributed by atoms with E-state index in [4.69, 9.17) is 23.2 Å². The minimum Gasteiger partial charge on any atom is -0.340 e. The number of nitrogens with zero attached hydrogens (tertiary/aromatic N) is 4. The van der Waals surface area contributed by atoms with Crippen molar-refractivity contribution in [2.75, 3.05) is 5.32 Å². The number of aromatic nitrogens is 5. The van der Waals surface area contributed by atoms with Crippen LogP contribution in [0.15, 0.2) is 30.6 Å². The topological polar surface area (TPSA) is 79.4 Å². The summed E-state index contributed by atoms with van der Waals surface area (Å²) in [6.07, 6.45) is 1.43. The first-order valence-electron chi connectivity index (χ1n) is 6.92. The summed E-state index contributed by atoms with van der Waals surface area (Å²) >= 11 is 12.7. The van der Waals surface area contributed by atoms with E-state index < -0.39 is 6.04 Å². The quantitative estimate of drug-likeness (QED) is 0.750. The molecule has 0 amide bonds. The summed E-state index contributed by atoms with van der Waals surface area (Å²) in [4.78, 5) is 13.0. The van der Waals surface area contributed by atoms with Crippen molar-refractivity contribution in [1.82, 2.24) is 25.1 Å². The van der Waals surface area contributed by atoms with E-state index in [0.717, 1.165) is 11.4 Å². The summed E-state index contributed by atoms with van der Waals surface area (Å²) in [5, 5.41) is 11.0. The number of halogens is 2. The summed E-state index contributed by atoms with van der Waals surface area (Å²) in [5.74, 6) is 1.04. The highest BCUT2D eigenvalue weighted by atomic mass is 35.5. The first kappa shape index (κ1) is 15.7. The number of hydrogen-bond acceptors (Lipinski definition) is 5. The molecule has 2 N–H and O–H groups in total. The second-order valence-corrected chi connectivity index (χ2v) is 5.87. The van der Waals surface area contributed by atoms with Gasteiger partial charge in [0.15, 0.2) is 5.82 Å². The number of aryl methyl sites for hydroxylation is 2. The SMILES string of the molecule is Cc1cc(C)nc(NC(c2ncn[nH]2)c2c(Cl)cccc2Cl)n1. The van der Waals surface area contributed by atoms with Crippen molar-refractivity contribution in [3.63, 3.8) is 0 Å². The van der Waals surface area contributed by atoms with Gasteiger partial charge in [-0.25, -0.2) is 15.0 Å². The van der Waals surface area contributed by atoms with Gasteiger partial charge in [0.1, 0.15) is 12.4 Å². The number of H-pyrrole nitrogens is 1. The molecule has 0 spiro atoms. The largest absolute Gasteiger partial charge is 0.340 e. The average Bonchev–Trinajstić information content (AvgIpc) is 2.98. The predicted octanol–water partition coefficient (Wildman–Crippen LogP) is 3.72. The fourth-order valence-corrected chi connectivity index (χ4v) is 2.95. The Morgan fingerprint density at radius 3 is 2.30 bits per heavy atom. The van der Waals surface area contributed by atoms with Crippen LogP contribution in [0.2, 0.25) is 10.0 Å². The van der Waals surface area contributed by atoms with Crippen LogP contribution in [0.5, 0.6) is 0 Å². The highest BCUT2D eigenvalue weighted by molar-refractivity contribution is 6.36. The Balaban J connectivity index is 2.07. The molecule has 2 aromatic heterocycles. The molecule has 1 atom stereocenters. The van der Waals surface area contributed by atoms with E-state index in [0.29, 0.717) is 27.4 Å². The van der Waals surface area contributed by atoms with Gasteiger partial charge in [0.2, 0.25) is 5.95 Å². The van der Waals surface area contributed by atoms with Crippen LogP contribution in [0.3, 0.4) is 0 Å². The van der Waals surface area contributed by atoms with Gasteiger partial charge < -0.3 is 5.32 Å². The third-order valence-electron chi connectivity index (χ3n) is 3.25. The molecular formula is C15H14Cl2N6. The molecule has 0 saturated heterocycles. The molecule has 0 aliphatic carbocycles. The lowest BCUT2D eigenvalue weighted by molar-refractivity contribution is 0.818. The van der Waals surface area contributed by atoms with Crippen LogP contribution in [0.1, 0.15) is 28.8 Å². The van der Waals surface area contributed by atoms with Crippen molar-refractivity contribution in [3.05, 3.63) is 63.4 Å². The minimum atomic E-state index is -0.445. The third-order valence-corrected chi connectivity index (χ3v) is 3.91. The highest BCUT2D eigenvalue weighted by Gasteiger charge is 2.23. The van der Waals surface area contributed by atoms with Crippen molar-refractivity contribution in [3.8, 4) is 0 Å². The van der Waals surface area contributed by atoms with Crippen LogP contribution in [0, 0.1) is 13.8 Å². The van der Waals surface area contributed by atoms with Gasteiger partial charge in [-0.3, -0.25) is 5.10 Å². The Bertz CT molecular complexity index is 778. The first-order chi connectivity index (χ1) is 11.0. The van der Waals surface area contributed by atoms with Crippen LogP contribution in [-0.4, -0.2) is 25.1 Å². The summed E-state index contributed by atoms with van der Waals surface area (Å²) in [6, 6.07) is 6.79. The van der Waals surface area contributed by atoms with Gasteiger partial charge in [0.25, 0.3) is 0 Å². The van der Waals surface area contributed by atoms with Gasteiger partial charge in [-0.05, 0) is 32.0 Å². The summed E-state index contributed by atoms with van der Waals surface area (Å²) in [5.41, 5.74) is 2.42. The normalized spacial score (nSPS) is 12.2. The fraction of sp³-hybridized carbons (Fsp3) is 0.200. The molecule has 6 nitrogen and oxygen atoms in total. The molecule has 2 heterocycles. The number of anilines is 1. The number of aromatic amines is 1. The van der Waals surface area contributed by atoms with E-state index in [1.54, 1.807) is 18.2 Å². The smallest absolute Gasteiger partial charge is 0.223 e. The van der Waals surface area contributed by atoms with E-state index in [2.05, 4.69) is 30.5 Å². The maximum Gasteiger partial charge on any atom is 0.223 e. The molecule has 0 fully saturated rings. The molecule has 118 valence electrons. The maximum atomic E-state index is 6.34. The zero-order valence-electron chi connectivity index (χ0n) is 12.5. The minimum absolute atomic E-state index is 0.445. The molecule has 0 radical (unpaired) electrons. The Hall–Kier alpha value is -2.18. The van der Waals surface area contributed by atoms with Gasteiger partial charge >= 0.3 is 0 Å². The fourth-order valence-electron chi connectivity index (χ4n) is 2.34. The van der Waals surface area contributed by atoms with E-state index in [-0.39, 0.29) is 0 Å². The van der Waals surface area contributed by atoms with Crippen molar-refractivity contribution in [2.24, 2.45) is 0 Å². The zero-order valence-corrected chi connectivity index (χ0v) is 14.0. The molecule has 0 aliphatic heterocycles. The molecule has 1 aromatic carbocycles. The Labute approximate surface area is 143 Å². The van der Waals surface area contributed by atoms with Gasteiger partial charge in [-0.2, -0.15) is 5.10 Å². The van der Waals surface area contributed by atoms with Gasteiger partial charge in [-0.15, -0.1) is 0 Å². The zero-order chi connectivity index (χ0) is 16.4. The van der Waals surface area contributed by atoms with Crippen molar-refractivity contribution >= 4 is 29.2 Å². The summed E-state index contributed by atoms with van der Waals surface area (Å²) in [6.45, 7) is 3.82. The predicted molar refractivity (Wildman–Crippen MR) is 89.8 cm³/mol. The number of benzene rings is 1. The lowest BCUT2D eigenvalue weighted by atomic mass is 10.1. The van der Waals surface area contributed by atoms with Gasteiger partial charge in [0.05, 0.1) is 0 Å². The van der Waals surface area contributed by atoms with Gasteiger partial charge in [-0.1, -0.05) is 29.3 Å². The molecule has 0 aliphatic rings. The Kier molecular flexibility index (Phi) is 4.45. The van der Waals surface area contributed by atoms with Crippen molar-refractivity contribution in [1.29, 1.82) is 0 Å². The second-order valence-electron chi connectivity index (χ2n) is 5.06. The molecule has 23 heavy (non-hydrogen) atoms. The standard InChI is InChI=1S/C15H14Cl2N6/c1-8-6-9(2)21-15(20-8)22-13(14-18-7-19-23-14)12-10(16)4-3-5-11(12)17/h3-7,13H,1-2H3,(H,18,19,23)(H,20,21,22). The van der Waals surface area contributed by atoms with E-state index in [1.165, 1.54) is 6.33 Å². The average molecular weight is 349 g/mol. The molecule has 8 heteroatoms. The Morgan fingerprint density at radius 2 is 1.74 bits per heavy atom. The molecule has 3 aromatic rings. The molecule has 0 saturated carbocycles. The van der Waals surface area contributed by atoms with Crippen molar-refractivity contribution < 1.29 is 0 Å². The van der Waals surface area contributed by atoms with E-state index in [1.807, 2.05) is 19.9 Å². The Morgan fingerprint density at radius 1 is 1.09 bits per heavy atom. The summed E-state index contributed by atoms with van der Waals surface area (Å²) in [7, 11) is 0. The number of hydrogen-bond donors (Lipinski definition) is 2. The monoisotopic (exact) mass is 348 g/mol. The van der Waals surface area contributed by atoms with Crippen LogP contribution in [0.25, 0.3) is 0 Å². The third kappa shape index (κ3) is 3.43. The lowest BCUT2D eigenvalue weighted by Crippen LogP contribution is -2.17. The molecular weight excluding hydrogens is 335 g/mol. The number of rotatable bonds is 4. The van der Waals surface area contributed by atoms with Crippen LogP contribution < -0.4 is 5.32 Å². The van der Waals surface area contributed by atoms with E-state index in [9.17, 15) is 0 Å². The molecule has 1 unspecified atom stereocenters. The van der Waals surface area contributed by atoms with Crippen molar-refractivity contribution in [2.45, 2.75) is 19.9 Å². The maximum absolute atomic E-state index is 6.34. The van der Waals surface area contributed by atoms with Crippen LogP contribution in [0.4, 0.5) is 5.95 Å².